The van der Waals surface area contributed by atoms with Crippen molar-refractivity contribution in [1.29, 1.82) is 0 Å². The molecule has 150 valence electrons. The Morgan fingerprint density at radius 1 is 0.667 bits per heavy atom. The van der Waals surface area contributed by atoms with E-state index in [-0.39, 0.29) is 29.6 Å². The summed E-state index contributed by atoms with van der Waals surface area (Å²) in [6.07, 6.45) is 9.69. The minimum absolute atomic E-state index is 0. The number of rotatable bonds is 5. The SMILES string of the molecule is Cc1cccc(C=CC=Cc2ccccc2)c1.O=S(=O)(O)C=Cc1ccccc1.[NaH]. The van der Waals surface area contributed by atoms with Gasteiger partial charge in [0.25, 0.3) is 10.1 Å². The van der Waals surface area contributed by atoms with Crippen LogP contribution in [0.1, 0.15) is 22.3 Å². The summed E-state index contributed by atoms with van der Waals surface area (Å²) in [5, 5.41) is 0.752. The van der Waals surface area contributed by atoms with Crippen molar-refractivity contribution in [2.75, 3.05) is 0 Å². The topological polar surface area (TPSA) is 54.4 Å². The summed E-state index contributed by atoms with van der Waals surface area (Å²) in [6, 6.07) is 27.6. The zero-order valence-electron chi connectivity index (χ0n) is 16.2. The Labute approximate surface area is 201 Å². The van der Waals surface area contributed by atoms with E-state index in [4.69, 9.17) is 4.55 Å². The number of benzene rings is 3. The van der Waals surface area contributed by atoms with Crippen LogP contribution in [0.3, 0.4) is 0 Å². The summed E-state index contributed by atoms with van der Waals surface area (Å²) in [5.41, 5.74) is 4.48. The fraction of sp³-hybridized carbons (Fsp3) is 0.0400. The molecule has 0 saturated heterocycles. The van der Waals surface area contributed by atoms with Crippen LogP contribution in [0.2, 0.25) is 0 Å². The van der Waals surface area contributed by atoms with Crippen LogP contribution in [0.4, 0.5) is 0 Å². The molecule has 0 aliphatic heterocycles. The third kappa shape index (κ3) is 11.7. The summed E-state index contributed by atoms with van der Waals surface area (Å²) < 4.78 is 28.9. The van der Waals surface area contributed by atoms with Crippen LogP contribution in [0.25, 0.3) is 18.2 Å². The summed E-state index contributed by atoms with van der Waals surface area (Å²) in [7, 11) is -4.00. The van der Waals surface area contributed by atoms with Gasteiger partial charge in [0.05, 0.1) is 5.41 Å². The molecule has 0 amide bonds. The van der Waals surface area contributed by atoms with Gasteiger partial charge >= 0.3 is 29.6 Å². The molecule has 0 radical (unpaired) electrons. The van der Waals surface area contributed by atoms with Gasteiger partial charge in [-0.2, -0.15) is 8.42 Å². The molecule has 0 heterocycles. The molecular formula is C25H25NaO3S. The Bertz CT molecular complexity index is 1070. The molecule has 0 aliphatic rings. The van der Waals surface area contributed by atoms with Crippen LogP contribution < -0.4 is 0 Å². The Morgan fingerprint density at radius 2 is 1.13 bits per heavy atom. The molecule has 5 heteroatoms. The average molecular weight is 429 g/mol. The van der Waals surface area contributed by atoms with Crippen LogP contribution in [0.15, 0.2) is 102 Å². The van der Waals surface area contributed by atoms with Crippen LogP contribution in [0.5, 0.6) is 0 Å². The van der Waals surface area contributed by atoms with Crippen molar-refractivity contribution in [1.82, 2.24) is 0 Å². The predicted octanol–water partition coefficient (Wildman–Crippen LogP) is 5.62. The van der Waals surface area contributed by atoms with Crippen LogP contribution >= 0.6 is 0 Å². The van der Waals surface area contributed by atoms with E-state index in [2.05, 4.69) is 67.6 Å². The first kappa shape index (κ1) is 25.8. The summed E-state index contributed by atoms with van der Waals surface area (Å²) >= 11 is 0. The first-order valence-electron chi connectivity index (χ1n) is 9.09. The van der Waals surface area contributed by atoms with Gasteiger partial charge in [0, 0.05) is 0 Å². The van der Waals surface area contributed by atoms with Crippen molar-refractivity contribution in [2.45, 2.75) is 6.92 Å². The maximum absolute atomic E-state index is 10.3. The van der Waals surface area contributed by atoms with E-state index in [0.29, 0.717) is 0 Å². The van der Waals surface area contributed by atoms with Crippen molar-refractivity contribution >= 4 is 57.9 Å². The molecule has 0 aromatic heterocycles. The second-order valence-corrected chi connectivity index (χ2v) is 7.57. The molecule has 0 bridgehead atoms. The number of hydrogen-bond donors (Lipinski definition) is 1. The maximum atomic E-state index is 10.3. The molecule has 1 N–H and O–H groups in total. The van der Waals surface area contributed by atoms with E-state index in [1.807, 2.05) is 24.3 Å². The van der Waals surface area contributed by atoms with E-state index in [1.54, 1.807) is 24.3 Å². The standard InChI is InChI=1S/C17H16.C8H8O3S.Na.H/c1-15-8-7-13-17(14-15)12-6-5-11-16-9-3-2-4-10-16;9-12(10,11)7-6-8-4-2-1-3-5-8;;/h2-14H,1H3;1-7H,(H,9,10,11);;. The third-order valence-electron chi connectivity index (χ3n) is 3.76. The molecule has 30 heavy (non-hydrogen) atoms. The van der Waals surface area contributed by atoms with Gasteiger partial charge in [0.15, 0.2) is 0 Å². The molecular weight excluding hydrogens is 403 g/mol. The van der Waals surface area contributed by atoms with Crippen molar-refractivity contribution in [3.8, 4) is 0 Å². The zero-order chi connectivity index (χ0) is 21.0. The molecule has 0 aliphatic carbocycles. The van der Waals surface area contributed by atoms with Gasteiger partial charge in [0.1, 0.15) is 0 Å². The first-order valence-corrected chi connectivity index (χ1v) is 10.6. The second-order valence-electron chi connectivity index (χ2n) is 6.27. The quantitative estimate of drug-likeness (QED) is 0.326. The van der Waals surface area contributed by atoms with Crippen molar-refractivity contribution in [2.24, 2.45) is 0 Å². The molecule has 3 nitrogen and oxygen atoms in total. The van der Waals surface area contributed by atoms with E-state index in [1.165, 1.54) is 22.8 Å². The molecule has 3 aromatic rings. The fourth-order valence-corrected chi connectivity index (χ4v) is 2.73. The van der Waals surface area contributed by atoms with Gasteiger partial charge in [-0.3, -0.25) is 4.55 Å². The monoisotopic (exact) mass is 428 g/mol. The number of allylic oxidation sites excluding steroid dienone is 2. The van der Waals surface area contributed by atoms with E-state index >= 15 is 0 Å². The molecule has 3 aromatic carbocycles. The Morgan fingerprint density at radius 3 is 1.63 bits per heavy atom. The van der Waals surface area contributed by atoms with Crippen LogP contribution in [-0.2, 0) is 10.1 Å². The second kappa shape index (κ2) is 13.9. The molecule has 0 atom stereocenters. The third-order valence-corrected chi connectivity index (χ3v) is 4.24. The van der Waals surface area contributed by atoms with E-state index in [0.717, 1.165) is 11.0 Å². The van der Waals surface area contributed by atoms with Crippen LogP contribution in [0, 0.1) is 6.92 Å². The fourth-order valence-electron chi connectivity index (χ4n) is 2.40. The van der Waals surface area contributed by atoms with Crippen LogP contribution in [-0.4, -0.2) is 42.5 Å². The van der Waals surface area contributed by atoms with Gasteiger partial charge in [-0.05, 0) is 29.7 Å². The van der Waals surface area contributed by atoms with Crippen molar-refractivity contribution < 1.29 is 13.0 Å². The molecule has 0 saturated carbocycles. The first-order chi connectivity index (χ1) is 13.9. The normalized spacial score (nSPS) is 11.3. The van der Waals surface area contributed by atoms with E-state index < -0.39 is 10.1 Å². The van der Waals surface area contributed by atoms with Gasteiger partial charge in [0.2, 0.25) is 0 Å². The number of aryl methyl sites for hydroxylation is 1. The van der Waals surface area contributed by atoms with Gasteiger partial charge in [-0.1, -0.05) is 115 Å². The zero-order valence-corrected chi connectivity index (χ0v) is 17.0. The van der Waals surface area contributed by atoms with E-state index in [9.17, 15) is 8.42 Å². The van der Waals surface area contributed by atoms with Crippen molar-refractivity contribution in [3.63, 3.8) is 0 Å². The Kier molecular flexibility index (Phi) is 12.0. The molecule has 0 fully saturated rings. The summed E-state index contributed by atoms with van der Waals surface area (Å²) in [4.78, 5) is 0. The van der Waals surface area contributed by atoms with Gasteiger partial charge in [-0.15, -0.1) is 0 Å². The molecule has 3 rings (SSSR count). The molecule has 0 spiro atoms. The summed E-state index contributed by atoms with van der Waals surface area (Å²) in [5.74, 6) is 0. The minimum atomic E-state index is -4.00. The average Bonchev–Trinajstić information content (AvgIpc) is 2.71. The van der Waals surface area contributed by atoms with Gasteiger partial charge < -0.3 is 0 Å². The Hall–Kier alpha value is -2.21. The predicted molar refractivity (Wildman–Crippen MR) is 130 cm³/mol. The summed E-state index contributed by atoms with van der Waals surface area (Å²) in [6.45, 7) is 2.11. The number of hydrogen-bond acceptors (Lipinski definition) is 2. The van der Waals surface area contributed by atoms with Gasteiger partial charge in [-0.25, -0.2) is 0 Å². The molecule has 0 unspecified atom stereocenters. The van der Waals surface area contributed by atoms with Crippen molar-refractivity contribution in [3.05, 3.63) is 125 Å². The Balaban J connectivity index is 0.000000308.